The smallest absolute Gasteiger partial charge is 0.235 e. The molecule has 0 fully saturated rings. The van der Waals surface area contributed by atoms with Crippen LogP contribution in [0.25, 0.3) is 0 Å². The Bertz CT molecular complexity index is 142. The molecule has 4 heteroatoms. The van der Waals surface area contributed by atoms with Gasteiger partial charge in [0.25, 0.3) is 0 Å². The molecule has 1 atom stereocenters. The molecule has 0 aliphatic rings. The topological polar surface area (TPSA) is 29.1 Å². The summed E-state index contributed by atoms with van der Waals surface area (Å²) in [6, 6.07) is 0.109. The minimum Gasteiger partial charge on any atom is -0.352 e. The Morgan fingerprint density at radius 2 is 2.09 bits per heavy atom. The van der Waals surface area contributed by atoms with Crippen molar-refractivity contribution in [2.24, 2.45) is 0 Å². The molecule has 0 spiro atoms. The van der Waals surface area contributed by atoms with Gasteiger partial charge >= 0.3 is 0 Å². The normalized spacial score (nSPS) is 14.3. The van der Waals surface area contributed by atoms with Crippen molar-refractivity contribution in [1.29, 1.82) is 0 Å². The molecule has 0 aliphatic carbocycles. The number of carbonyl (C=O) groups excluding carboxylic acids is 1. The van der Waals surface area contributed by atoms with Crippen LogP contribution >= 0.6 is 25.3 Å². The van der Waals surface area contributed by atoms with Crippen LogP contribution in [-0.4, -0.2) is 22.4 Å². The number of thiol groups is 2. The van der Waals surface area contributed by atoms with Crippen LogP contribution in [0.2, 0.25) is 0 Å². The third-order valence-corrected chi connectivity index (χ3v) is 1.96. The highest BCUT2D eigenvalue weighted by molar-refractivity contribution is 7.82. The molecular weight excluding hydrogens is 178 g/mol. The SMILES string of the molecule is C[C@H](CS)NC(=O)C(C)(C)S. The lowest BCUT2D eigenvalue weighted by Gasteiger charge is -2.19. The van der Waals surface area contributed by atoms with E-state index in [1.54, 1.807) is 13.8 Å². The Morgan fingerprint density at radius 3 is 2.36 bits per heavy atom. The molecule has 0 aromatic rings. The van der Waals surface area contributed by atoms with E-state index < -0.39 is 4.75 Å². The van der Waals surface area contributed by atoms with Crippen LogP contribution in [0.5, 0.6) is 0 Å². The van der Waals surface area contributed by atoms with Crippen molar-refractivity contribution < 1.29 is 4.79 Å². The number of amides is 1. The molecular formula is C7H15NOS2. The number of nitrogens with one attached hydrogen (secondary N) is 1. The first kappa shape index (κ1) is 11.2. The highest BCUT2D eigenvalue weighted by atomic mass is 32.1. The zero-order valence-corrected chi connectivity index (χ0v) is 8.88. The third-order valence-electron chi connectivity index (χ3n) is 1.21. The first-order valence-electron chi connectivity index (χ1n) is 3.52. The summed E-state index contributed by atoms with van der Waals surface area (Å²) in [5.74, 6) is 0.595. The van der Waals surface area contributed by atoms with Crippen molar-refractivity contribution in [3.05, 3.63) is 0 Å². The first-order chi connectivity index (χ1) is 4.88. The summed E-state index contributed by atoms with van der Waals surface area (Å²) in [6.45, 7) is 5.43. The molecule has 1 N–H and O–H groups in total. The Hall–Kier alpha value is 0.170. The zero-order chi connectivity index (χ0) is 9.07. The maximum absolute atomic E-state index is 11.2. The summed E-state index contributed by atoms with van der Waals surface area (Å²) in [5, 5.41) is 2.78. The van der Waals surface area contributed by atoms with Crippen LogP contribution in [-0.2, 0) is 4.79 Å². The van der Waals surface area contributed by atoms with E-state index >= 15 is 0 Å². The average Bonchev–Trinajstić information content (AvgIpc) is 1.85. The largest absolute Gasteiger partial charge is 0.352 e. The maximum atomic E-state index is 11.2. The summed E-state index contributed by atoms with van der Waals surface area (Å²) in [4.78, 5) is 11.2. The summed E-state index contributed by atoms with van der Waals surface area (Å²) in [6.07, 6.45) is 0. The second-order valence-electron chi connectivity index (χ2n) is 3.12. The lowest BCUT2D eigenvalue weighted by Crippen LogP contribution is -2.43. The van der Waals surface area contributed by atoms with Crippen molar-refractivity contribution in [1.82, 2.24) is 5.32 Å². The van der Waals surface area contributed by atoms with Gasteiger partial charge in [-0.2, -0.15) is 25.3 Å². The Morgan fingerprint density at radius 1 is 1.64 bits per heavy atom. The van der Waals surface area contributed by atoms with E-state index in [4.69, 9.17) is 0 Å². The molecule has 0 radical (unpaired) electrons. The van der Waals surface area contributed by atoms with Gasteiger partial charge in [-0.05, 0) is 20.8 Å². The Labute approximate surface area is 79.0 Å². The molecule has 0 unspecified atom stereocenters. The van der Waals surface area contributed by atoms with Crippen LogP contribution < -0.4 is 5.32 Å². The van der Waals surface area contributed by atoms with E-state index in [-0.39, 0.29) is 11.9 Å². The molecule has 0 aromatic carbocycles. The van der Waals surface area contributed by atoms with Crippen LogP contribution in [0.1, 0.15) is 20.8 Å². The van der Waals surface area contributed by atoms with E-state index in [1.807, 2.05) is 6.92 Å². The van der Waals surface area contributed by atoms with E-state index in [2.05, 4.69) is 30.6 Å². The summed E-state index contributed by atoms with van der Waals surface area (Å²) >= 11 is 8.17. The van der Waals surface area contributed by atoms with Gasteiger partial charge in [0.05, 0.1) is 4.75 Å². The van der Waals surface area contributed by atoms with Crippen molar-refractivity contribution >= 4 is 31.2 Å². The Balaban J connectivity index is 3.88. The number of carbonyl (C=O) groups is 1. The van der Waals surface area contributed by atoms with Gasteiger partial charge in [-0.3, -0.25) is 4.79 Å². The fourth-order valence-electron chi connectivity index (χ4n) is 0.446. The molecule has 11 heavy (non-hydrogen) atoms. The third kappa shape index (κ3) is 4.58. The highest BCUT2D eigenvalue weighted by Crippen LogP contribution is 2.11. The highest BCUT2D eigenvalue weighted by Gasteiger charge is 2.22. The van der Waals surface area contributed by atoms with Gasteiger partial charge in [0.15, 0.2) is 0 Å². The summed E-state index contributed by atoms with van der Waals surface area (Å²) in [5.41, 5.74) is 0. The fraction of sp³-hybridized carbons (Fsp3) is 0.857. The van der Waals surface area contributed by atoms with Gasteiger partial charge in [0.1, 0.15) is 0 Å². The van der Waals surface area contributed by atoms with E-state index in [0.717, 1.165) is 0 Å². The van der Waals surface area contributed by atoms with Crippen molar-refractivity contribution in [2.75, 3.05) is 5.75 Å². The molecule has 66 valence electrons. The molecule has 0 rings (SSSR count). The minimum absolute atomic E-state index is 0.0533. The van der Waals surface area contributed by atoms with Crippen LogP contribution in [0, 0.1) is 0 Å². The summed E-state index contributed by atoms with van der Waals surface area (Å²) in [7, 11) is 0. The van der Waals surface area contributed by atoms with Crippen molar-refractivity contribution in [3.63, 3.8) is 0 Å². The van der Waals surface area contributed by atoms with Crippen molar-refractivity contribution in [2.45, 2.75) is 31.6 Å². The van der Waals surface area contributed by atoms with E-state index in [0.29, 0.717) is 5.75 Å². The molecule has 2 nitrogen and oxygen atoms in total. The Kier molecular flexibility index (Phi) is 4.32. The molecule has 0 saturated heterocycles. The van der Waals surface area contributed by atoms with Gasteiger partial charge < -0.3 is 5.32 Å². The van der Waals surface area contributed by atoms with Gasteiger partial charge in [-0.25, -0.2) is 0 Å². The summed E-state index contributed by atoms with van der Waals surface area (Å²) < 4.78 is -0.600. The molecule has 0 aliphatic heterocycles. The zero-order valence-electron chi connectivity index (χ0n) is 7.09. The number of hydrogen-bond acceptors (Lipinski definition) is 3. The van der Waals surface area contributed by atoms with Crippen LogP contribution in [0.15, 0.2) is 0 Å². The molecule has 1 amide bonds. The quantitative estimate of drug-likeness (QED) is 0.576. The number of rotatable bonds is 3. The molecule has 0 heterocycles. The van der Waals surface area contributed by atoms with Gasteiger partial charge in [0.2, 0.25) is 5.91 Å². The van der Waals surface area contributed by atoms with Gasteiger partial charge in [0, 0.05) is 11.8 Å². The fourth-order valence-corrected chi connectivity index (χ4v) is 0.602. The number of hydrogen-bond donors (Lipinski definition) is 3. The van der Waals surface area contributed by atoms with Gasteiger partial charge in [-0.1, -0.05) is 0 Å². The predicted octanol–water partition coefficient (Wildman–Crippen LogP) is 1.13. The predicted molar refractivity (Wildman–Crippen MR) is 54.5 cm³/mol. The monoisotopic (exact) mass is 193 g/mol. The van der Waals surface area contributed by atoms with Crippen molar-refractivity contribution in [3.8, 4) is 0 Å². The standard InChI is InChI=1S/C7H15NOS2/c1-5(4-10)8-6(9)7(2,3)11/h5,10-11H,4H2,1-3H3,(H,8,9)/t5-/m1/s1. The van der Waals surface area contributed by atoms with E-state index in [9.17, 15) is 4.79 Å². The first-order valence-corrected chi connectivity index (χ1v) is 4.60. The minimum atomic E-state index is -0.600. The second kappa shape index (κ2) is 4.26. The molecule has 0 aromatic heterocycles. The lowest BCUT2D eigenvalue weighted by atomic mass is 10.2. The average molecular weight is 193 g/mol. The maximum Gasteiger partial charge on any atom is 0.235 e. The second-order valence-corrected chi connectivity index (χ2v) is 4.60. The molecule has 0 bridgehead atoms. The van der Waals surface area contributed by atoms with Crippen LogP contribution in [0.3, 0.4) is 0 Å². The van der Waals surface area contributed by atoms with E-state index in [1.165, 1.54) is 0 Å². The molecule has 0 saturated carbocycles. The lowest BCUT2D eigenvalue weighted by molar-refractivity contribution is -0.123. The van der Waals surface area contributed by atoms with Crippen LogP contribution in [0.4, 0.5) is 0 Å². The van der Waals surface area contributed by atoms with Gasteiger partial charge in [-0.15, -0.1) is 0 Å².